The summed E-state index contributed by atoms with van der Waals surface area (Å²) in [7, 11) is -3.63. The lowest BCUT2D eigenvalue weighted by molar-refractivity contribution is -0.141. The summed E-state index contributed by atoms with van der Waals surface area (Å²) in [4.78, 5) is 34.8. The molecule has 144 valence electrons. The fourth-order valence-corrected chi connectivity index (χ4v) is 2.85. The molecular weight excluding hydrogens is 362 g/mol. The molecule has 26 heavy (non-hydrogen) atoms. The van der Waals surface area contributed by atoms with Gasteiger partial charge >= 0.3 is 5.97 Å². The van der Waals surface area contributed by atoms with Gasteiger partial charge < -0.3 is 15.7 Å². The minimum atomic E-state index is -3.63. The molecule has 0 aliphatic rings. The average molecular weight is 385 g/mol. The second kappa shape index (κ2) is 9.18. The van der Waals surface area contributed by atoms with Crippen molar-refractivity contribution < 1.29 is 27.9 Å². The minimum Gasteiger partial charge on any atom is -0.481 e. The number of sulfonamides is 1. The van der Waals surface area contributed by atoms with Crippen LogP contribution in [-0.4, -0.2) is 44.1 Å². The van der Waals surface area contributed by atoms with Crippen LogP contribution in [0.3, 0.4) is 0 Å². The number of carboxylic acids is 1. The molecule has 1 rings (SSSR count). The van der Waals surface area contributed by atoms with Crippen molar-refractivity contribution in [3.8, 4) is 0 Å². The molecule has 0 aromatic heterocycles. The van der Waals surface area contributed by atoms with Crippen LogP contribution in [0.1, 0.15) is 37.0 Å². The highest BCUT2D eigenvalue weighted by molar-refractivity contribution is 7.92. The number of nitrogens with one attached hydrogen (secondary N) is 3. The van der Waals surface area contributed by atoms with Gasteiger partial charge in [0.1, 0.15) is 0 Å². The van der Waals surface area contributed by atoms with Crippen LogP contribution < -0.4 is 15.4 Å². The standard InChI is InChI=1S/C16H23N3O6S/c1-4-5-11(16(22)23)9-17-15(21)13-8-12(18-10(2)20)6-7-14(13)19-26(3,24)25/h6-8,11,19H,4-5,9H2,1-3H3,(H,17,21)(H,18,20)(H,22,23). The Bertz CT molecular complexity index is 791. The second-order valence-electron chi connectivity index (χ2n) is 5.85. The quantitative estimate of drug-likeness (QED) is 0.504. The summed E-state index contributed by atoms with van der Waals surface area (Å²) in [6, 6.07) is 4.12. The van der Waals surface area contributed by atoms with Crippen LogP contribution in [0.5, 0.6) is 0 Å². The van der Waals surface area contributed by atoms with E-state index in [1.807, 2.05) is 6.92 Å². The first-order chi connectivity index (χ1) is 12.0. The minimum absolute atomic E-state index is 0.0256. The molecule has 1 unspecified atom stereocenters. The number of carbonyl (C=O) groups is 3. The predicted molar refractivity (Wildman–Crippen MR) is 97.6 cm³/mol. The first kappa shape index (κ1) is 21.4. The maximum Gasteiger partial charge on any atom is 0.308 e. The Morgan fingerprint density at radius 2 is 1.88 bits per heavy atom. The fourth-order valence-electron chi connectivity index (χ4n) is 2.27. The van der Waals surface area contributed by atoms with Gasteiger partial charge in [0.2, 0.25) is 15.9 Å². The molecule has 0 saturated carbocycles. The van der Waals surface area contributed by atoms with Crippen LogP contribution in [0, 0.1) is 5.92 Å². The summed E-state index contributed by atoms with van der Waals surface area (Å²) < 4.78 is 25.2. The number of rotatable bonds is 9. The van der Waals surface area contributed by atoms with Crippen molar-refractivity contribution >= 4 is 39.2 Å². The fraction of sp³-hybridized carbons (Fsp3) is 0.438. The Balaban J connectivity index is 3.09. The number of anilines is 2. The third kappa shape index (κ3) is 7.09. The highest BCUT2D eigenvalue weighted by Crippen LogP contribution is 2.22. The lowest BCUT2D eigenvalue weighted by Crippen LogP contribution is -2.33. The molecule has 0 bridgehead atoms. The van der Waals surface area contributed by atoms with Crippen LogP contribution >= 0.6 is 0 Å². The van der Waals surface area contributed by atoms with Gasteiger partial charge in [0.25, 0.3) is 5.91 Å². The first-order valence-electron chi connectivity index (χ1n) is 7.94. The number of aliphatic carboxylic acids is 1. The number of carboxylic acid groups (broad SMARTS) is 1. The van der Waals surface area contributed by atoms with Crippen LogP contribution in [0.25, 0.3) is 0 Å². The van der Waals surface area contributed by atoms with Crippen molar-refractivity contribution in [1.29, 1.82) is 0 Å². The van der Waals surface area contributed by atoms with E-state index in [2.05, 4.69) is 15.4 Å². The van der Waals surface area contributed by atoms with E-state index in [0.29, 0.717) is 18.5 Å². The summed E-state index contributed by atoms with van der Waals surface area (Å²) in [6.45, 7) is 3.04. The molecule has 0 heterocycles. The Kier molecular flexibility index (Phi) is 7.56. The Hall–Kier alpha value is -2.62. The van der Waals surface area contributed by atoms with Crippen LogP contribution in [0.4, 0.5) is 11.4 Å². The largest absolute Gasteiger partial charge is 0.481 e. The summed E-state index contributed by atoms with van der Waals surface area (Å²) in [6.07, 6.45) is 1.99. The van der Waals surface area contributed by atoms with Gasteiger partial charge in [-0.1, -0.05) is 13.3 Å². The zero-order chi connectivity index (χ0) is 19.9. The van der Waals surface area contributed by atoms with Crippen molar-refractivity contribution in [1.82, 2.24) is 5.32 Å². The molecule has 2 amide bonds. The van der Waals surface area contributed by atoms with E-state index in [1.54, 1.807) is 0 Å². The van der Waals surface area contributed by atoms with E-state index in [1.165, 1.54) is 25.1 Å². The maximum absolute atomic E-state index is 12.5. The highest BCUT2D eigenvalue weighted by atomic mass is 32.2. The summed E-state index contributed by atoms with van der Waals surface area (Å²) in [5.74, 6) is -2.76. The number of benzene rings is 1. The number of amides is 2. The average Bonchev–Trinajstić information content (AvgIpc) is 2.50. The molecule has 0 fully saturated rings. The van der Waals surface area contributed by atoms with Gasteiger partial charge in [-0.2, -0.15) is 0 Å². The van der Waals surface area contributed by atoms with Crippen molar-refractivity contribution in [3.05, 3.63) is 23.8 Å². The third-order valence-electron chi connectivity index (χ3n) is 3.38. The lowest BCUT2D eigenvalue weighted by Gasteiger charge is -2.15. The van der Waals surface area contributed by atoms with Crippen molar-refractivity contribution in [2.75, 3.05) is 22.8 Å². The van der Waals surface area contributed by atoms with E-state index in [9.17, 15) is 22.8 Å². The van der Waals surface area contributed by atoms with Gasteiger partial charge in [-0.3, -0.25) is 19.1 Å². The molecular formula is C16H23N3O6S. The topological polar surface area (TPSA) is 142 Å². The van der Waals surface area contributed by atoms with Crippen LogP contribution in [-0.2, 0) is 19.6 Å². The molecule has 0 spiro atoms. The molecule has 4 N–H and O–H groups in total. The summed E-state index contributed by atoms with van der Waals surface area (Å²) >= 11 is 0. The zero-order valence-electron chi connectivity index (χ0n) is 14.8. The third-order valence-corrected chi connectivity index (χ3v) is 3.97. The molecule has 1 aromatic carbocycles. The van der Waals surface area contributed by atoms with Crippen molar-refractivity contribution in [2.45, 2.75) is 26.7 Å². The van der Waals surface area contributed by atoms with Gasteiger partial charge in [-0.25, -0.2) is 8.42 Å². The predicted octanol–water partition coefficient (Wildman–Crippen LogP) is 1.25. The maximum atomic E-state index is 12.5. The molecule has 0 aliphatic heterocycles. The Labute approximate surface area is 152 Å². The molecule has 1 atom stereocenters. The van der Waals surface area contributed by atoms with Crippen molar-refractivity contribution in [2.24, 2.45) is 5.92 Å². The molecule has 0 aliphatic carbocycles. The van der Waals surface area contributed by atoms with Gasteiger partial charge in [0, 0.05) is 19.2 Å². The van der Waals surface area contributed by atoms with Gasteiger partial charge in [0.15, 0.2) is 0 Å². The van der Waals surface area contributed by atoms with Crippen LogP contribution in [0.15, 0.2) is 18.2 Å². The molecule has 9 nitrogen and oxygen atoms in total. The molecule has 0 saturated heterocycles. The molecule has 1 aromatic rings. The van der Waals surface area contributed by atoms with Crippen LogP contribution in [0.2, 0.25) is 0 Å². The Morgan fingerprint density at radius 3 is 2.38 bits per heavy atom. The van der Waals surface area contributed by atoms with Gasteiger partial charge in [-0.05, 0) is 24.6 Å². The molecule has 0 radical (unpaired) electrons. The SMILES string of the molecule is CCCC(CNC(=O)c1cc(NC(C)=O)ccc1NS(C)(=O)=O)C(=O)O. The second-order valence-corrected chi connectivity index (χ2v) is 7.60. The highest BCUT2D eigenvalue weighted by Gasteiger charge is 2.20. The van der Waals surface area contributed by atoms with Gasteiger partial charge in [0.05, 0.1) is 23.4 Å². The lowest BCUT2D eigenvalue weighted by atomic mass is 10.0. The summed E-state index contributed by atoms with van der Waals surface area (Å²) in [5, 5.41) is 14.2. The van der Waals surface area contributed by atoms with E-state index < -0.39 is 27.8 Å². The normalized spacial score (nSPS) is 12.1. The zero-order valence-corrected chi connectivity index (χ0v) is 15.6. The number of hydrogen-bond donors (Lipinski definition) is 4. The first-order valence-corrected chi connectivity index (χ1v) is 9.83. The number of hydrogen-bond acceptors (Lipinski definition) is 5. The monoisotopic (exact) mass is 385 g/mol. The molecule has 10 heteroatoms. The Morgan fingerprint density at radius 1 is 1.23 bits per heavy atom. The van der Waals surface area contributed by atoms with E-state index >= 15 is 0 Å². The van der Waals surface area contributed by atoms with E-state index in [-0.39, 0.29) is 23.7 Å². The summed E-state index contributed by atoms with van der Waals surface area (Å²) in [5.41, 5.74) is 0.314. The van der Waals surface area contributed by atoms with E-state index in [0.717, 1.165) is 6.26 Å². The smallest absolute Gasteiger partial charge is 0.308 e. The van der Waals surface area contributed by atoms with Crippen molar-refractivity contribution in [3.63, 3.8) is 0 Å². The van der Waals surface area contributed by atoms with E-state index in [4.69, 9.17) is 5.11 Å². The number of carbonyl (C=O) groups excluding carboxylic acids is 2. The van der Waals surface area contributed by atoms with Gasteiger partial charge in [-0.15, -0.1) is 0 Å².